The second kappa shape index (κ2) is 13.2. The van der Waals surface area contributed by atoms with Crippen LogP contribution in [0.3, 0.4) is 0 Å². The number of allylic oxidation sites excluding steroid dienone is 1. The summed E-state index contributed by atoms with van der Waals surface area (Å²) < 4.78 is 50.8. The van der Waals surface area contributed by atoms with Crippen molar-refractivity contribution in [2.75, 3.05) is 31.6 Å². The van der Waals surface area contributed by atoms with Crippen LogP contribution >= 0.6 is 0 Å². The van der Waals surface area contributed by atoms with Gasteiger partial charge in [-0.15, -0.1) is 0 Å². The van der Waals surface area contributed by atoms with Crippen LogP contribution in [0.4, 0.5) is 24.7 Å². The molecular weight excluding hydrogens is 509 g/mol. The average molecular weight is 539 g/mol. The minimum absolute atomic E-state index is 0.0259. The van der Waals surface area contributed by atoms with E-state index in [1.165, 1.54) is 24.3 Å². The first kappa shape index (κ1) is 28.9. The van der Waals surface area contributed by atoms with E-state index in [0.717, 1.165) is 18.3 Å². The van der Waals surface area contributed by atoms with Crippen LogP contribution in [0.5, 0.6) is 0 Å². The van der Waals surface area contributed by atoms with Gasteiger partial charge in [0.25, 0.3) is 11.6 Å². The van der Waals surface area contributed by atoms with E-state index in [1.54, 1.807) is 13.0 Å². The third kappa shape index (κ3) is 7.65. The Labute approximate surface area is 217 Å². The van der Waals surface area contributed by atoms with Crippen molar-refractivity contribution in [3.63, 3.8) is 0 Å². The molecule has 0 aliphatic carbocycles. The Balaban J connectivity index is 1.73. The number of alkyl halides is 3. The molecule has 0 saturated heterocycles. The fourth-order valence-electron chi connectivity index (χ4n) is 4.09. The van der Waals surface area contributed by atoms with E-state index in [-0.39, 0.29) is 43.7 Å². The maximum absolute atomic E-state index is 13.1. The first-order valence-electron chi connectivity index (χ1n) is 12.0. The Morgan fingerprint density at radius 1 is 1.21 bits per heavy atom. The topological polar surface area (TPSA) is 136 Å². The first-order chi connectivity index (χ1) is 18.1. The van der Waals surface area contributed by atoms with E-state index in [2.05, 4.69) is 15.6 Å². The first-order valence-corrected chi connectivity index (χ1v) is 12.0. The number of ether oxygens (including phenoxy) is 2. The van der Waals surface area contributed by atoms with E-state index < -0.39 is 34.8 Å². The number of amides is 1. The number of nitrogens with one attached hydrogen (secondary N) is 2. The van der Waals surface area contributed by atoms with Crippen LogP contribution in [-0.2, 0) is 20.4 Å². The third-order valence-electron chi connectivity index (χ3n) is 5.93. The highest BCUT2D eigenvalue weighted by Gasteiger charge is 2.38. The van der Waals surface area contributed by atoms with Gasteiger partial charge >= 0.3 is 6.18 Å². The highest BCUT2D eigenvalue weighted by atomic mass is 19.4. The molecule has 0 radical (unpaired) electrons. The molecule has 1 aromatic heterocycles. The molecule has 13 heteroatoms. The summed E-state index contributed by atoms with van der Waals surface area (Å²) >= 11 is 0. The number of anilines is 1. The normalized spacial score (nSPS) is 19.3. The zero-order valence-electron chi connectivity index (χ0n) is 20.6. The molecule has 3 N–H and O–H groups in total. The number of hydrogen-bond acceptors (Lipinski definition) is 8. The number of aliphatic hydroxyl groups excluding tert-OH is 1. The largest absolute Gasteiger partial charge is 0.459 e. The Bertz CT molecular complexity index is 1110. The van der Waals surface area contributed by atoms with Gasteiger partial charge in [0.2, 0.25) is 6.29 Å². The van der Waals surface area contributed by atoms with Gasteiger partial charge in [-0.25, -0.2) is 4.98 Å². The summed E-state index contributed by atoms with van der Waals surface area (Å²) in [5.41, 5.74) is -0.363. The summed E-state index contributed by atoms with van der Waals surface area (Å²) in [6, 6.07) is 7.49. The summed E-state index contributed by atoms with van der Waals surface area (Å²) in [6.07, 6.45) is -1.74. The molecule has 0 saturated carbocycles. The van der Waals surface area contributed by atoms with Gasteiger partial charge in [0.15, 0.2) is 5.76 Å². The number of aliphatic hydroxyl groups is 1. The summed E-state index contributed by atoms with van der Waals surface area (Å²) in [4.78, 5) is 27.0. The number of rotatable bonds is 12. The van der Waals surface area contributed by atoms with E-state index in [4.69, 9.17) is 9.47 Å². The molecule has 0 spiro atoms. The molecule has 3 atom stereocenters. The molecule has 3 rings (SSSR count). The smallest absolute Gasteiger partial charge is 0.416 e. The summed E-state index contributed by atoms with van der Waals surface area (Å²) in [5, 5.41) is 25.7. The molecule has 1 aliphatic rings. The molecule has 206 valence electrons. The van der Waals surface area contributed by atoms with E-state index in [1.807, 2.05) is 0 Å². The second-order valence-corrected chi connectivity index (χ2v) is 8.49. The van der Waals surface area contributed by atoms with Gasteiger partial charge in [0.05, 0.1) is 10.5 Å². The molecule has 10 nitrogen and oxygen atoms in total. The number of hydrogen-bond donors (Lipinski definition) is 3. The lowest BCUT2D eigenvalue weighted by atomic mass is 9.80. The molecule has 0 fully saturated rings. The molecule has 1 amide bonds. The van der Waals surface area contributed by atoms with Crippen LogP contribution < -0.4 is 10.6 Å². The maximum atomic E-state index is 13.1. The van der Waals surface area contributed by atoms with Crippen molar-refractivity contribution in [1.82, 2.24) is 10.3 Å². The molecule has 1 aliphatic heterocycles. The van der Waals surface area contributed by atoms with Gasteiger partial charge in [-0.3, -0.25) is 14.9 Å². The molecular formula is C25H29F3N4O6. The summed E-state index contributed by atoms with van der Waals surface area (Å²) in [5.74, 6) is -1.00. The van der Waals surface area contributed by atoms with Gasteiger partial charge in [-0.1, -0.05) is 12.1 Å². The minimum atomic E-state index is -4.47. The van der Waals surface area contributed by atoms with Gasteiger partial charge in [0, 0.05) is 44.2 Å². The lowest BCUT2D eigenvalue weighted by Gasteiger charge is -2.37. The van der Waals surface area contributed by atoms with Crippen molar-refractivity contribution in [3.8, 4) is 0 Å². The highest BCUT2D eigenvalue weighted by Crippen LogP contribution is 2.40. The zero-order valence-corrected chi connectivity index (χ0v) is 20.6. The number of halogens is 3. The standard InChI is InChI=1S/C25H29F3N4O6/c1-2-37-24-19(4-3-13-33)20(16-5-7-17(8-6-16)25(26,27)28)14-21(38-24)23(34)30-12-11-29-22-10-9-18(15-31-22)32(35)36/h5-10,14-15,19-20,24,33H,2-4,11-13H2,1H3,(H,29,31)(H,30,34)/t19-,20-,24-/m0/s1. The minimum Gasteiger partial charge on any atom is -0.459 e. The monoisotopic (exact) mass is 538 g/mol. The summed E-state index contributed by atoms with van der Waals surface area (Å²) in [6.45, 7) is 2.38. The van der Waals surface area contributed by atoms with Gasteiger partial charge in [-0.05, 0) is 49.6 Å². The number of pyridine rings is 1. The Hall–Kier alpha value is -3.71. The quantitative estimate of drug-likeness (QED) is 0.210. The fourth-order valence-corrected chi connectivity index (χ4v) is 4.09. The molecule has 0 bridgehead atoms. The van der Waals surface area contributed by atoms with Crippen LogP contribution in [-0.4, -0.2) is 53.5 Å². The van der Waals surface area contributed by atoms with Crippen molar-refractivity contribution in [2.24, 2.45) is 5.92 Å². The van der Waals surface area contributed by atoms with Crippen molar-refractivity contribution in [2.45, 2.75) is 38.1 Å². The van der Waals surface area contributed by atoms with Crippen LogP contribution in [0.15, 0.2) is 54.4 Å². The highest BCUT2D eigenvalue weighted by molar-refractivity contribution is 5.91. The fraction of sp³-hybridized carbons (Fsp3) is 0.440. The SMILES string of the molecule is CCO[C@H]1OC(C(=O)NCCNc2ccc([N+](=O)[O-])cn2)=C[C@@H](c2ccc(C(F)(F)F)cc2)[C@@H]1CCCO. The molecule has 1 aromatic carbocycles. The number of aromatic nitrogens is 1. The van der Waals surface area contributed by atoms with Gasteiger partial charge in [-0.2, -0.15) is 13.2 Å². The summed E-state index contributed by atoms with van der Waals surface area (Å²) in [7, 11) is 0. The van der Waals surface area contributed by atoms with E-state index in [9.17, 15) is 33.2 Å². The van der Waals surface area contributed by atoms with Crippen LogP contribution in [0, 0.1) is 16.0 Å². The number of benzene rings is 1. The van der Waals surface area contributed by atoms with E-state index in [0.29, 0.717) is 24.2 Å². The number of nitrogens with zero attached hydrogens (tertiary/aromatic N) is 2. The predicted octanol–water partition coefficient (Wildman–Crippen LogP) is 3.99. The van der Waals surface area contributed by atoms with Crippen LogP contribution in [0.25, 0.3) is 0 Å². The Morgan fingerprint density at radius 3 is 2.53 bits per heavy atom. The van der Waals surface area contributed by atoms with Crippen molar-refractivity contribution < 1.29 is 37.5 Å². The predicted molar refractivity (Wildman–Crippen MR) is 131 cm³/mol. The molecule has 2 heterocycles. The van der Waals surface area contributed by atoms with Crippen LogP contribution in [0.2, 0.25) is 0 Å². The lowest BCUT2D eigenvalue weighted by Crippen LogP contribution is -2.39. The van der Waals surface area contributed by atoms with Crippen LogP contribution in [0.1, 0.15) is 36.8 Å². The van der Waals surface area contributed by atoms with Gasteiger partial charge in [0.1, 0.15) is 12.0 Å². The molecule has 2 aromatic rings. The van der Waals surface area contributed by atoms with Crippen molar-refractivity contribution in [1.29, 1.82) is 0 Å². The van der Waals surface area contributed by atoms with Gasteiger partial charge < -0.3 is 25.2 Å². The van der Waals surface area contributed by atoms with Crippen molar-refractivity contribution >= 4 is 17.4 Å². The molecule has 0 unspecified atom stereocenters. The second-order valence-electron chi connectivity index (χ2n) is 8.49. The van der Waals surface area contributed by atoms with E-state index >= 15 is 0 Å². The Morgan fingerprint density at radius 2 is 1.95 bits per heavy atom. The third-order valence-corrected chi connectivity index (χ3v) is 5.93. The lowest BCUT2D eigenvalue weighted by molar-refractivity contribution is -0.385. The Kier molecular flexibility index (Phi) is 10.0. The molecule has 38 heavy (non-hydrogen) atoms. The van der Waals surface area contributed by atoms with Crippen molar-refractivity contribution in [3.05, 3.63) is 75.7 Å². The average Bonchev–Trinajstić information content (AvgIpc) is 2.90. The number of carbonyl (C=O) groups excluding carboxylic acids is 1. The number of nitro groups is 1. The zero-order chi connectivity index (χ0) is 27.7. The maximum Gasteiger partial charge on any atom is 0.416 e. The number of carbonyl (C=O) groups is 1.